The zero-order valence-electron chi connectivity index (χ0n) is 13.0. The maximum absolute atomic E-state index is 12.7. The number of fused-ring (bicyclic) bond motifs is 1. The van der Waals surface area contributed by atoms with E-state index < -0.39 is 0 Å². The van der Waals surface area contributed by atoms with Gasteiger partial charge in [-0.3, -0.25) is 9.36 Å². The van der Waals surface area contributed by atoms with E-state index in [2.05, 4.69) is 16.0 Å². The molecule has 0 spiro atoms. The van der Waals surface area contributed by atoms with Crippen LogP contribution in [0.3, 0.4) is 0 Å². The fraction of sp³-hybridized carbons (Fsp3) is 0.176. The van der Waals surface area contributed by atoms with Crippen molar-refractivity contribution < 1.29 is 0 Å². The van der Waals surface area contributed by atoms with Crippen molar-refractivity contribution in [2.24, 2.45) is 7.05 Å². The zero-order chi connectivity index (χ0) is 16.6. The van der Waals surface area contributed by atoms with Gasteiger partial charge in [0.1, 0.15) is 5.65 Å². The van der Waals surface area contributed by atoms with Crippen LogP contribution in [-0.4, -0.2) is 20.8 Å². The van der Waals surface area contributed by atoms with Crippen molar-refractivity contribution >= 4 is 22.8 Å². The second-order valence-corrected chi connectivity index (χ2v) is 5.97. The molecule has 1 aromatic carbocycles. The van der Waals surface area contributed by atoms with E-state index in [1.165, 1.54) is 16.3 Å². The SMILES string of the molecule is CSc1ncc2cc(-c3cc(C#N)ccc3C)c(=O)n(C)c2n1. The molecule has 0 aliphatic heterocycles. The molecule has 0 unspecified atom stereocenters. The van der Waals surface area contributed by atoms with Crippen LogP contribution in [0.4, 0.5) is 0 Å². The van der Waals surface area contributed by atoms with E-state index in [1.54, 1.807) is 31.4 Å². The fourth-order valence-electron chi connectivity index (χ4n) is 2.50. The summed E-state index contributed by atoms with van der Waals surface area (Å²) in [5, 5.41) is 10.5. The molecule has 0 fully saturated rings. The van der Waals surface area contributed by atoms with Crippen LogP contribution in [0.25, 0.3) is 22.2 Å². The van der Waals surface area contributed by atoms with Gasteiger partial charge in [-0.25, -0.2) is 9.97 Å². The third-order valence-electron chi connectivity index (χ3n) is 3.77. The summed E-state index contributed by atoms with van der Waals surface area (Å²) >= 11 is 1.43. The lowest BCUT2D eigenvalue weighted by Crippen LogP contribution is -2.20. The van der Waals surface area contributed by atoms with Crippen molar-refractivity contribution in [2.45, 2.75) is 12.1 Å². The van der Waals surface area contributed by atoms with Gasteiger partial charge in [0, 0.05) is 24.2 Å². The van der Waals surface area contributed by atoms with Crippen molar-refractivity contribution in [3.63, 3.8) is 0 Å². The van der Waals surface area contributed by atoms with Gasteiger partial charge >= 0.3 is 0 Å². The molecule has 2 heterocycles. The van der Waals surface area contributed by atoms with Crippen LogP contribution < -0.4 is 5.56 Å². The molecule has 3 rings (SSSR count). The van der Waals surface area contributed by atoms with Gasteiger partial charge in [-0.2, -0.15) is 5.26 Å². The molecule has 114 valence electrons. The lowest BCUT2D eigenvalue weighted by Gasteiger charge is -2.11. The topological polar surface area (TPSA) is 71.6 Å². The molecule has 0 N–H and O–H groups in total. The molecule has 0 atom stereocenters. The van der Waals surface area contributed by atoms with Crippen LogP contribution in [0.2, 0.25) is 0 Å². The zero-order valence-corrected chi connectivity index (χ0v) is 13.8. The Labute approximate surface area is 137 Å². The normalized spacial score (nSPS) is 10.7. The van der Waals surface area contributed by atoms with E-state index >= 15 is 0 Å². The fourth-order valence-corrected chi connectivity index (χ4v) is 2.84. The maximum Gasteiger partial charge on any atom is 0.259 e. The first-order valence-electron chi connectivity index (χ1n) is 6.97. The minimum absolute atomic E-state index is 0.138. The van der Waals surface area contributed by atoms with E-state index in [0.717, 1.165) is 16.5 Å². The lowest BCUT2D eigenvalue weighted by molar-refractivity contribution is 0.861. The number of aryl methyl sites for hydroxylation is 2. The highest BCUT2D eigenvalue weighted by Gasteiger charge is 2.13. The Morgan fingerprint density at radius 3 is 2.74 bits per heavy atom. The molecule has 0 aliphatic carbocycles. The third kappa shape index (κ3) is 2.60. The average molecular weight is 322 g/mol. The minimum atomic E-state index is -0.138. The molecule has 0 saturated carbocycles. The number of hydrogen-bond donors (Lipinski definition) is 0. The molecular weight excluding hydrogens is 308 g/mol. The summed E-state index contributed by atoms with van der Waals surface area (Å²) < 4.78 is 1.53. The summed E-state index contributed by atoms with van der Waals surface area (Å²) in [7, 11) is 1.70. The Bertz CT molecular complexity index is 1020. The van der Waals surface area contributed by atoms with Crippen LogP contribution in [0.15, 0.2) is 40.4 Å². The van der Waals surface area contributed by atoms with Crippen LogP contribution in [0, 0.1) is 18.3 Å². The highest BCUT2D eigenvalue weighted by molar-refractivity contribution is 7.98. The van der Waals surface area contributed by atoms with E-state index in [1.807, 2.05) is 19.2 Å². The summed E-state index contributed by atoms with van der Waals surface area (Å²) in [6, 6.07) is 9.26. The predicted octanol–water partition coefficient (Wildman–Crippen LogP) is 2.90. The number of benzene rings is 1. The number of nitriles is 1. The molecule has 0 saturated heterocycles. The smallest absolute Gasteiger partial charge is 0.259 e. The first kappa shape index (κ1) is 15.3. The highest BCUT2D eigenvalue weighted by Crippen LogP contribution is 2.24. The van der Waals surface area contributed by atoms with Crippen LogP contribution in [-0.2, 0) is 7.05 Å². The van der Waals surface area contributed by atoms with Gasteiger partial charge in [0.25, 0.3) is 5.56 Å². The van der Waals surface area contributed by atoms with Crippen molar-refractivity contribution in [3.8, 4) is 17.2 Å². The van der Waals surface area contributed by atoms with E-state index in [4.69, 9.17) is 5.26 Å². The van der Waals surface area contributed by atoms with Crippen molar-refractivity contribution in [1.82, 2.24) is 14.5 Å². The number of nitrogens with zero attached hydrogens (tertiary/aromatic N) is 4. The third-order valence-corrected chi connectivity index (χ3v) is 4.33. The standard InChI is InChI=1S/C17H14N4OS/c1-10-4-5-11(8-18)6-13(10)14-7-12-9-19-17(23-3)20-15(12)21(2)16(14)22/h4-7,9H,1-3H3. The Balaban J connectivity index is 2.34. The van der Waals surface area contributed by atoms with Crippen LogP contribution >= 0.6 is 11.8 Å². The monoisotopic (exact) mass is 322 g/mol. The molecule has 0 aliphatic rings. The maximum atomic E-state index is 12.7. The molecular formula is C17H14N4OS. The quantitative estimate of drug-likeness (QED) is 0.536. The van der Waals surface area contributed by atoms with Gasteiger partial charge in [0.15, 0.2) is 5.16 Å². The predicted molar refractivity (Wildman–Crippen MR) is 91.4 cm³/mol. The first-order valence-corrected chi connectivity index (χ1v) is 8.19. The minimum Gasteiger partial charge on any atom is -0.295 e. The number of pyridine rings is 1. The van der Waals surface area contributed by atoms with Crippen LogP contribution in [0.1, 0.15) is 11.1 Å². The van der Waals surface area contributed by atoms with Gasteiger partial charge in [-0.05, 0) is 42.5 Å². The van der Waals surface area contributed by atoms with Gasteiger partial charge < -0.3 is 0 Å². The van der Waals surface area contributed by atoms with E-state index in [-0.39, 0.29) is 5.56 Å². The molecule has 2 aromatic heterocycles. The van der Waals surface area contributed by atoms with E-state index in [0.29, 0.717) is 21.9 Å². The van der Waals surface area contributed by atoms with Gasteiger partial charge in [0.05, 0.1) is 11.6 Å². The lowest BCUT2D eigenvalue weighted by atomic mass is 9.99. The second-order valence-electron chi connectivity index (χ2n) is 5.20. The average Bonchev–Trinajstić information content (AvgIpc) is 2.58. The Morgan fingerprint density at radius 2 is 2.04 bits per heavy atom. The number of hydrogen-bond acceptors (Lipinski definition) is 5. The Kier molecular flexibility index (Phi) is 3.89. The Hall–Kier alpha value is -2.65. The number of rotatable bonds is 2. The molecule has 0 amide bonds. The molecule has 23 heavy (non-hydrogen) atoms. The molecule has 6 heteroatoms. The summed E-state index contributed by atoms with van der Waals surface area (Å²) in [4.78, 5) is 21.4. The molecule has 0 bridgehead atoms. The number of aromatic nitrogens is 3. The first-order chi connectivity index (χ1) is 11.0. The van der Waals surface area contributed by atoms with Gasteiger partial charge in [-0.15, -0.1) is 0 Å². The van der Waals surface area contributed by atoms with Crippen LogP contribution in [0.5, 0.6) is 0 Å². The molecule has 3 aromatic rings. The van der Waals surface area contributed by atoms with Crippen molar-refractivity contribution in [3.05, 3.63) is 51.9 Å². The molecule has 0 radical (unpaired) electrons. The number of thioether (sulfide) groups is 1. The highest BCUT2D eigenvalue weighted by atomic mass is 32.2. The largest absolute Gasteiger partial charge is 0.295 e. The van der Waals surface area contributed by atoms with E-state index in [9.17, 15) is 4.79 Å². The summed E-state index contributed by atoms with van der Waals surface area (Å²) in [6.07, 6.45) is 3.62. The van der Waals surface area contributed by atoms with Crippen molar-refractivity contribution in [2.75, 3.05) is 6.26 Å². The summed E-state index contributed by atoms with van der Waals surface area (Å²) in [5.41, 5.74) is 3.26. The Morgan fingerprint density at radius 1 is 1.26 bits per heavy atom. The van der Waals surface area contributed by atoms with Crippen molar-refractivity contribution in [1.29, 1.82) is 5.26 Å². The summed E-state index contributed by atoms with van der Waals surface area (Å²) in [6.45, 7) is 1.92. The van der Waals surface area contributed by atoms with Gasteiger partial charge in [-0.1, -0.05) is 17.8 Å². The summed E-state index contributed by atoms with van der Waals surface area (Å²) in [5.74, 6) is 0. The second kappa shape index (κ2) is 5.86. The molecule has 5 nitrogen and oxygen atoms in total. The van der Waals surface area contributed by atoms with Gasteiger partial charge in [0.2, 0.25) is 0 Å².